The van der Waals surface area contributed by atoms with E-state index >= 15 is 0 Å². The van der Waals surface area contributed by atoms with Crippen molar-refractivity contribution in [3.8, 4) is 11.3 Å². The second-order valence-electron chi connectivity index (χ2n) is 10.2. The summed E-state index contributed by atoms with van der Waals surface area (Å²) in [5, 5.41) is 11.1. The molecule has 1 saturated heterocycles. The zero-order valence-electron chi connectivity index (χ0n) is 22.0. The lowest BCUT2D eigenvalue weighted by atomic mass is 10.2. The van der Waals surface area contributed by atoms with Crippen LogP contribution < -0.4 is 10.3 Å². The molecule has 2 aromatic carbocycles. The van der Waals surface area contributed by atoms with Crippen molar-refractivity contribution >= 4 is 29.4 Å². The number of aromatic nitrogens is 3. The molecule has 1 aliphatic rings. The van der Waals surface area contributed by atoms with E-state index in [4.69, 9.17) is 14.9 Å². The predicted molar refractivity (Wildman–Crippen MR) is 150 cm³/mol. The standard InChI is InChI=1S/C29H31N7O2/c1-21-9-8-10-22(15-21)18-30-32-26-17-28(35-14-13-34(19-24(35)20-37)38-29(2,3)4)36-27(31-26)16-25(33-36)23-11-6-5-7-12-23/h5-12,15-18H,13-14,19H2,1-4H3,(H,31,32). The predicted octanol–water partition coefficient (Wildman–Crippen LogP) is 4.72. The van der Waals surface area contributed by atoms with E-state index < -0.39 is 0 Å². The van der Waals surface area contributed by atoms with Crippen molar-refractivity contribution in [3.63, 3.8) is 0 Å². The van der Waals surface area contributed by atoms with E-state index in [0.29, 0.717) is 42.6 Å². The largest absolute Gasteiger partial charge is 0.318 e. The number of carbonyl (C=O) groups excluding carboxylic acids is 1. The van der Waals surface area contributed by atoms with Crippen molar-refractivity contribution in [1.29, 1.82) is 0 Å². The van der Waals surface area contributed by atoms with Crippen LogP contribution in [0.4, 0.5) is 11.6 Å². The van der Waals surface area contributed by atoms with Crippen LogP contribution in [0, 0.1) is 6.92 Å². The lowest BCUT2D eigenvalue weighted by Gasteiger charge is -2.38. The van der Waals surface area contributed by atoms with Gasteiger partial charge in [0, 0.05) is 30.8 Å². The van der Waals surface area contributed by atoms with Crippen LogP contribution in [-0.2, 0) is 9.63 Å². The van der Waals surface area contributed by atoms with Gasteiger partial charge in [-0.3, -0.25) is 10.3 Å². The van der Waals surface area contributed by atoms with E-state index in [1.54, 1.807) is 15.8 Å². The van der Waals surface area contributed by atoms with Crippen molar-refractivity contribution in [1.82, 2.24) is 19.7 Å². The van der Waals surface area contributed by atoms with Crippen LogP contribution in [0.3, 0.4) is 0 Å². The summed E-state index contributed by atoms with van der Waals surface area (Å²) in [5.74, 6) is 3.35. The summed E-state index contributed by atoms with van der Waals surface area (Å²) < 4.78 is 1.76. The number of hydrazone groups is 1. The van der Waals surface area contributed by atoms with Crippen molar-refractivity contribution in [3.05, 3.63) is 83.6 Å². The number of nitrogens with zero attached hydrogens (tertiary/aromatic N) is 6. The van der Waals surface area contributed by atoms with Gasteiger partial charge in [0.1, 0.15) is 17.5 Å². The Labute approximate surface area is 222 Å². The summed E-state index contributed by atoms with van der Waals surface area (Å²) in [7, 11) is 0. The molecule has 0 saturated carbocycles. The molecule has 5 rings (SSSR count). The topological polar surface area (TPSA) is 87.4 Å². The van der Waals surface area contributed by atoms with Gasteiger partial charge >= 0.3 is 0 Å². The second kappa shape index (κ2) is 10.6. The van der Waals surface area contributed by atoms with Crippen molar-refractivity contribution < 1.29 is 9.63 Å². The Bertz CT molecular complexity index is 1520. The van der Waals surface area contributed by atoms with Gasteiger partial charge in [-0.2, -0.15) is 19.8 Å². The molecule has 2 aromatic heterocycles. The Balaban J connectivity index is 1.51. The minimum absolute atomic E-state index is 0.311. The molecule has 194 valence electrons. The average molecular weight is 510 g/mol. The molecule has 0 amide bonds. The van der Waals surface area contributed by atoms with E-state index in [9.17, 15) is 4.79 Å². The van der Waals surface area contributed by atoms with Gasteiger partial charge in [0.25, 0.3) is 0 Å². The van der Waals surface area contributed by atoms with Gasteiger partial charge in [-0.05, 0) is 33.3 Å². The minimum atomic E-state index is -0.362. The first-order valence-electron chi connectivity index (χ1n) is 12.6. The lowest BCUT2D eigenvalue weighted by Crippen LogP contribution is -2.48. The van der Waals surface area contributed by atoms with Gasteiger partial charge in [-0.15, -0.1) is 0 Å². The van der Waals surface area contributed by atoms with Gasteiger partial charge in [-0.1, -0.05) is 60.2 Å². The number of rotatable bonds is 6. The van der Waals surface area contributed by atoms with E-state index in [2.05, 4.69) is 22.5 Å². The second-order valence-corrected chi connectivity index (χ2v) is 10.2. The summed E-state index contributed by atoms with van der Waals surface area (Å²) >= 11 is 0. The van der Waals surface area contributed by atoms with Gasteiger partial charge in [0.05, 0.1) is 24.1 Å². The normalized spacial score (nSPS) is 14.8. The molecule has 1 fully saturated rings. The Morgan fingerprint density at radius 1 is 1.05 bits per heavy atom. The Morgan fingerprint density at radius 2 is 1.87 bits per heavy atom. The summed E-state index contributed by atoms with van der Waals surface area (Å²) in [6.45, 7) is 9.44. The Morgan fingerprint density at radius 3 is 2.61 bits per heavy atom. The average Bonchev–Trinajstić information content (AvgIpc) is 3.32. The molecule has 1 aliphatic heterocycles. The van der Waals surface area contributed by atoms with Crippen molar-refractivity contribution in [2.24, 2.45) is 5.10 Å². The molecule has 9 heteroatoms. The van der Waals surface area contributed by atoms with Crippen LogP contribution in [0.1, 0.15) is 31.9 Å². The summed E-state index contributed by atoms with van der Waals surface area (Å²) in [6.07, 6.45) is 1.75. The van der Waals surface area contributed by atoms with Gasteiger partial charge < -0.3 is 4.90 Å². The summed E-state index contributed by atoms with van der Waals surface area (Å²) in [5.41, 5.74) is 7.68. The van der Waals surface area contributed by atoms with Crippen LogP contribution in [0.5, 0.6) is 0 Å². The maximum Gasteiger partial charge on any atom is 0.160 e. The number of piperazine rings is 1. The fourth-order valence-corrected chi connectivity index (χ4v) is 4.36. The third kappa shape index (κ3) is 5.81. The number of anilines is 2. The molecule has 0 aliphatic carbocycles. The summed E-state index contributed by atoms with van der Waals surface area (Å²) in [4.78, 5) is 24.8. The van der Waals surface area contributed by atoms with Gasteiger partial charge in [0.15, 0.2) is 11.5 Å². The Hall–Kier alpha value is -4.30. The Kier molecular flexibility index (Phi) is 7.07. The molecule has 0 bridgehead atoms. The smallest absolute Gasteiger partial charge is 0.160 e. The number of benzene rings is 2. The van der Waals surface area contributed by atoms with Crippen LogP contribution >= 0.6 is 0 Å². The van der Waals surface area contributed by atoms with E-state index in [1.807, 2.05) is 93.3 Å². The first kappa shape index (κ1) is 25.4. The third-order valence-electron chi connectivity index (χ3n) is 5.94. The molecular weight excluding hydrogens is 478 g/mol. The lowest BCUT2D eigenvalue weighted by molar-refractivity contribution is -0.225. The fraction of sp³-hybridized carbons (Fsp3) is 0.276. The molecule has 4 aromatic rings. The fourth-order valence-electron chi connectivity index (χ4n) is 4.36. The number of hydroxylamine groups is 2. The first-order chi connectivity index (χ1) is 18.3. The quantitative estimate of drug-likeness (QED) is 0.229. The highest BCUT2D eigenvalue weighted by molar-refractivity contribution is 5.80. The zero-order valence-corrected chi connectivity index (χ0v) is 22.0. The molecule has 0 atom stereocenters. The number of fused-ring (bicyclic) bond motifs is 1. The van der Waals surface area contributed by atoms with Crippen LogP contribution in [0.2, 0.25) is 0 Å². The minimum Gasteiger partial charge on any atom is -0.318 e. The molecule has 3 heterocycles. The number of hydrogen-bond acceptors (Lipinski definition) is 8. The SMILES string of the molecule is Cc1cccc(C=NNc2cc(N3CCN(OC(C)(C)C)CC3=C=O)n3nc(-c4ccccc4)cc3n2)c1. The molecule has 9 nitrogen and oxygen atoms in total. The number of aryl methyl sites for hydroxylation is 1. The number of hydrogen-bond donors (Lipinski definition) is 1. The van der Waals surface area contributed by atoms with Crippen LogP contribution in [-0.4, -0.2) is 57.1 Å². The maximum absolute atomic E-state index is 12.1. The van der Waals surface area contributed by atoms with Crippen molar-refractivity contribution in [2.45, 2.75) is 33.3 Å². The highest BCUT2D eigenvalue weighted by atomic mass is 16.7. The molecular formula is C29H31N7O2. The third-order valence-corrected chi connectivity index (χ3v) is 5.94. The van der Waals surface area contributed by atoms with E-state index in [1.165, 1.54) is 0 Å². The van der Waals surface area contributed by atoms with Crippen molar-refractivity contribution in [2.75, 3.05) is 30.0 Å². The molecule has 1 N–H and O–H groups in total. The van der Waals surface area contributed by atoms with Gasteiger partial charge in [-0.25, -0.2) is 9.78 Å². The van der Waals surface area contributed by atoms with Crippen LogP contribution in [0.15, 0.2) is 77.5 Å². The summed E-state index contributed by atoms with van der Waals surface area (Å²) in [6, 6.07) is 21.8. The van der Waals surface area contributed by atoms with E-state index in [-0.39, 0.29) is 5.60 Å². The number of nitrogens with one attached hydrogen (secondary N) is 1. The molecule has 0 radical (unpaired) electrons. The molecule has 0 spiro atoms. The monoisotopic (exact) mass is 509 g/mol. The highest BCUT2D eigenvalue weighted by Gasteiger charge is 2.29. The van der Waals surface area contributed by atoms with E-state index in [0.717, 1.165) is 22.4 Å². The first-order valence-corrected chi connectivity index (χ1v) is 12.6. The maximum atomic E-state index is 12.1. The van der Waals surface area contributed by atoms with Gasteiger partial charge in [0.2, 0.25) is 0 Å². The zero-order chi connectivity index (χ0) is 26.7. The highest BCUT2D eigenvalue weighted by Crippen LogP contribution is 2.29. The van der Waals surface area contributed by atoms with Crippen LogP contribution in [0.25, 0.3) is 16.9 Å². The molecule has 0 unspecified atom stereocenters. The molecule has 38 heavy (non-hydrogen) atoms.